The molecule has 1 aromatic carbocycles. The van der Waals surface area contributed by atoms with Gasteiger partial charge in [-0.25, -0.2) is 17.2 Å². The van der Waals surface area contributed by atoms with Crippen LogP contribution < -0.4 is 4.90 Å². The summed E-state index contributed by atoms with van der Waals surface area (Å²) in [6.45, 7) is 5.84. The van der Waals surface area contributed by atoms with E-state index in [4.69, 9.17) is 0 Å². The Labute approximate surface area is 165 Å². The van der Waals surface area contributed by atoms with Crippen molar-refractivity contribution in [1.82, 2.24) is 9.21 Å². The van der Waals surface area contributed by atoms with Crippen LogP contribution in [0, 0.1) is 11.6 Å². The number of piperidine rings is 1. The van der Waals surface area contributed by atoms with E-state index in [-0.39, 0.29) is 31.1 Å². The van der Waals surface area contributed by atoms with Crippen LogP contribution in [0.1, 0.15) is 33.1 Å². The second-order valence-electron chi connectivity index (χ2n) is 7.84. The fraction of sp³-hybridized carbons (Fsp3) is 0.632. The van der Waals surface area contributed by atoms with Crippen molar-refractivity contribution in [2.45, 2.75) is 50.1 Å². The van der Waals surface area contributed by atoms with Gasteiger partial charge in [-0.15, -0.1) is 0 Å². The van der Waals surface area contributed by atoms with Gasteiger partial charge in [-0.05, 0) is 45.2 Å². The monoisotopic (exact) mass is 416 g/mol. The molecule has 28 heavy (non-hydrogen) atoms. The number of carbonyl (C=O) groups is 1. The topological polar surface area (TPSA) is 62.1 Å². The number of nitrogens with one attached hydrogen (secondary N) is 1. The van der Waals surface area contributed by atoms with E-state index in [0.29, 0.717) is 25.7 Å². The molecule has 2 heterocycles. The van der Waals surface area contributed by atoms with Crippen molar-refractivity contribution in [3.8, 4) is 0 Å². The zero-order chi connectivity index (χ0) is 20.5. The van der Waals surface area contributed by atoms with E-state index in [2.05, 4.69) is 13.8 Å². The summed E-state index contributed by atoms with van der Waals surface area (Å²) in [6, 6.07) is 2.95. The van der Waals surface area contributed by atoms with E-state index in [0.717, 1.165) is 36.3 Å². The van der Waals surface area contributed by atoms with Crippen molar-refractivity contribution < 1.29 is 26.9 Å². The average molecular weight is 417 g/mol. The number of hydrogen-bond donors (Lipinski definition) is 1. The van der Waals surface area contributed by atoms with Crippen molar-refractivity contribution >= 4 is 15.9 Å². The first-order chi connectivity index (χ1) is 13.2. The Morgan fingerprint density at radius 1 is 1.14 bits per heavy atom. The lowest BCUT2D eigenvalue weighted by molar-refractivity contribution is -0.896. The molecule has 2 aliphatic heterocycles. The molecule has 2 saturated heterocycles. The third-order valence-electron chi connectivity index (χ3n) is 5.82. The Morgan fingerprint density at radius 3 is 2.32 bits per heavy atom. The standard InChI is InChI=1S/C19H27F2N3O3S/c1-14-4-3-5-15(2)24(14)19(25)13-22-8-10-23(11-9-22)28(26,27)18-7-6-16(20)12-17(18)21/h6-7,12,14-15H,3-5,8-11,13H2,1-2H3/p+1/t14-,15+. The number of carbonyl (C=O) groups excluding carboxylic acids is 1. The van der Waals surface area contributed by atoms with Crippen LogP contribution >= 0.6 is 0 Å². The maximum absolute atomic E-state index is 13.9. The normalized spacial score (nSPS) is 25.1. The first-order valence-corrected chi connectivity index (χ1v) is 11.2. The smallest absolute Gasteiger partial charge is 0.278 e. The van der Waals surface area contributed by atoms with Crippen molar-refractivity contribution in [2.24, 2.45) is 0 Å². The van der Waals surface area contributed by atoms with Crippen LogP contribution in [0.5, 0.6) is 0 Å². The zero-order valence-corrected chi connectivity index (χ0v) is 17.1. The van der Waals surface area contributed by atoms with Gasteiger partial charge in [-0.1, -0.05) is 0 Å². The van der Waals surface area contributed by atoms with Gasteiger partial charge in [0.1, 0.15) is 16.5 Å². The van der Waals surface area contributed by atoms with E-state index in [1.807, 2.05) is 4.90 Å². The SMILES string of the molecule is C[C@@H]1CCC[C@H](C)N1C(=O)C[NH+]1CCN(S(=O)(=O)c2ccc(F)cc2F)CC1. The Balaban J connectivity index is 1.60. The van der Waals surface area contributed by atoms with Crippen molar-refractivity contribution in [3.05, 3.63) is 29.8 Å². The van der Waals surface area contributed by atoms with Crippen molar-refractivity contribution in [2.75, 3.05) is 32.7 Å². The minimum atomic E-state index is -4.02. The molecule has 3 rings (SSSR count). The Hall–Kier alpha value is -1.58. The minimum Gasteiger partial charge on any atom is -0.332 e. The molecule has 1 aromatic rings. The first kappa shape index (κ1) is 21.1. The summed E-state index contributed by atoms with van der Waals surface area (Å²) < 4.78 is 53.5. The maximum Gasteiger partial charge on any atom is 0.278 e. The van der Waals surface area contributed by atoms with Crippen LogP contribution in [0.3, 0.4) is 0 Å². The molecule has 0 spiro atoms. The molecule has 0 radical (unpaired) electrons. The molecule has 2 aliphatic rings. The number of hydrogen-bond acceptors (Lipinski definition) is 3. The predicted octanol–water partition coefficient (Wildman–Crippen LogP) is 0.644. The Morgan fingerprint density at radius 2 is 1.75 bits per heavy atom. The molecule has 0 aromatic heterocycles. The highest BCUT2D eigenvalue weighted by Gasteiger charge is 2.35. The van der Waals surface area contributed by atoms with Crippen LogP contribution in [0.2, 0.25) is 0 Å². The number of halogens is 2. The van der Waals surface area contributed by atoms with Crippen molar-refractivity contribution in [3.63, 3.8) is 0 Å². The minimum absolute atomic E-state index is 0.107. The summed E-state index contributed by atoms with van der Waals surface area (Å²) in [5.41, 5.74) is 0. The average Bonchev–Trinajstić information content (AvgIpc) is 2.61. The zero-order valence-electron chi connectivity index (χ0n) is 16.3. The summed E-state index contributed by atoms with van der Waals surface area (Å²) in [5.74, 6) is -1.79. The fourth-order valence-electron chi connectivity index (χ4n) is 4.26. The molecule has 2 fully saturated rings. The Bertz CT molecular complexity index is 816. The van der Waals surface area contributed by atoms with E-state index >= 15 is 0 Å². The van der Waals surface area contributed by atoms with Gasteiger partial charge in [-0.2, -0.15) is 4.31 Å². The quantitative estimate of drug-likeness (QED) is 0.784. The van der Waals surface area contributed by atoms with Crippen LogP contribution in [0.25, 0.3) is 0 Å². The fourth-order valence-corrected chi connectivity index (χ4v) is 5.75. The van der Waals surface area contributed by atoms with Gasteiger partial charge >= 0.3 is 0 Å². The largest absolute Gasteiger partial charge is 0.332 e. The highest BCUT2D eigenvalue weighted by Crippen LogP contribution is 2.22. The molecule has 0 saturated carbocycles. The third kappa shape index (κ3) is 4.36. The molecule has 1 amide bonds. The molecule has 0 unspecified atom stereocenters. The summed E-state index contributed by atoms with van der Waals surface area (Å²) in [7, 11) is -4.02. The van der Waals surface area contributed by atoms with Gasteiger partial charge in [0, 0.05) is 18.2 Å². The van der Waals surface area contributed by atoms with Gasteiger partial charge in [-0.3, -0.25) is 4.79 Å². The number of benzene rings is 1. The summed E-state index contributed by atoms with van der Waals surface area (Å²) in [5, 5.41) is 0. The van der Waals surface area contributed by atoms with Gasteiger partial charge in [0.15, 0.2) is 6.54 Å². The van der Waals surface area contributed by atoms with Crippen molar-refractivity contribution in [1.29, 1.82) is 0 Å². The number of amides is 1. The highest BCUT2D eigenvalue weighted by molar-refractivity contribution is 7.89. The van der Waals surface area contributed by atoms with Crippen LogP contribution in [-0.2, 0) is 14.8 Å². The van der Waals surface area contributed by atoms with Gasteiger partial charge in [0.2, 0.25) is 10.0 Å². The molecule has 0 bridgehead atoms. The molecule has 0 aliphatic carbocycles. The number of piperazine rings is 1. The van der Waals surface area contributed by atoms with E-state index in [1.165, 1.54) is 4.31 Å². The highest BCUT2D eigenvalue weighted by atomic mass is 32.2. The summed E-state index contributed by atoms with van der Waals surface area (Å²) >= 11 is 0. The predicted molar refractivity (Wildman–Crippen MR) is 100 cm³/mol. The van der Waals surface area contributed by atoms with Gasteiger partial charge < -0.3 is 9.80 Å². The molecule has 1 N–H and O–H groups in total. The summed E-state index contributed by atoms with van der Waals surface area (Å²) in [6.07, 6.45) is 3.16. The number of likely N-dealkylation sites (tertiary alicyclic amines) is 1. The molecular weight excluding hydrogens is 388 g/mol. The number of quaternary nitrogens is 1. The molecule has 2 atom stereocenters. The van der Waals surface area contributed by atoms with Crippen LogP contribution in [0.15, 0.2) is 23.1 Å². The molecule has 6 nitrogen and oxygen atoms in total. The lowest BCUT2D eigenvalue weighted by atomic mass is 9.97. The van der Waals surface area contributed by atoms with E-state index in [1.54, 1.807) is 0 Å². The summed E-state index contributed by atoms with van der Waals surface area (Å²) in [4.78, 5) is 15.2. The lowest BCUT2D eigenvalue weighted by Crippen LogP contribution is -3.16. The maximum atomic E-state index is 13.9. The van der Waals surface area contributed by atoms with E-state index in [9.17, 15) is 22.0 Å². The van der Waals surface area contributed by atoms with Crippen LogP contribution in [0.4, 0.5) is 8.78 Å². The first-order valence-electron chi connectivity index (χ1n) is 9.80. The van der Waals surface area contributed by atoms with Crippen LogP contribution in [-0.4, -0.2) is 68.3 Å². The van der Waals surface area contributed by atoms with E-state index < -0.39 is 26.6 Å². The number of nitrogens with zero attached hydrogens (tertiary/aromatic N) is 2. The molecular formula is C19H28F2N3O3S+. The second kappa shape index (κ2) is 8.42. The molecule has 9 heteroatoms. The lowest BCUT2D eigenvalue weighted by Gasteiger charge is -2.40. The second-order valence-corrected chi connectivity index (χ2v) is 9.74. The third-order valence-corrected chi connectivity index (χ3v) is 7.76. The van der Waals surface area contributed by atoms with Gasteiger partial charge in [0.05, 0.1) is 26.2 Å². The number of sulfonamides is 1. The van der Waals surface area contributed by atoms with Gasteiger partial charge in [0.25, 0.3) is 5.91 Å². The molecule has 156 valence electrons. The number of rotatable bonds is 4. The Kier molecular flexibility index (Phi) is 6.36.